The summed E-state index contributed by atoms with van der Waals surface area (Å²) in [6, 6.07) is 10.5. The molecule has 2 atom stereocenters. The number of rotatable bonds is 4. The predicted octanol–water partition coefficient (Wildman–Crippen LogP) is 1.87. The zero-order chi connectivity index (χ0) is 16.5. The first-order valence-corrected chi connectivity index (χ1v) is 8.74. The summed E-state index contributed by atoms with van der Waals surface area (Å²) in [4.78, 5) is 17.3. The van der Waals surface area contributed by atoms with E-state index in [2.05, 4.69) is 40.5 Å². The maximum absolute atomic E-state index is 12.9. The molecule has 0 radical (unpaired) electrons. The smallest absolute Gasteiger partial charge is 0.227 e. The minimum atomic E-state index is 0.0539. The molecule has 0 bridgehead atoms. The number of amides is 1. The largest absolute Gasteiger partial charge is 0.342 e. The molecule has 0 saturated carbocycles. The second-order valence-electron chi connectivity index (χ2n) is 7.02. The summed E-state index contributed by atoms with van der Waals surface area (Å²) in [5.74, 6) is 0.624. The van der Waals surface area contributed by atoms with Gasteiger partial charge in [0.15, 0.2) is 0 Å². The van der Waals surface area contributed by atoms with Crippen molar-refractivity contribution in [2.75, 3.05) is 26.2 Å². The van der Waals surface area contributed by atoms with Crippen molar-refractivity contribution in [1.29, 1.82) is 0 Å². The van der Waals surface area contributed by atoms with Crippen LogP contribution in [0.5, 0.6) is 0 Å². The summed E-state index contributed by atoms with van der Waals surface area (Å²) in [6.45, 7) is 4.51. The van der Waals surface area contributed by atoms with Crippen molar-refractivity contribution < 1.29 is 4.79 Å². The molecule has 2 aliphatic heterocycles. The maximum atomic E-state index is 12.9. The van der Waals surface area contributed by atoms with E-state index >= 15 is 0 Å². The lowest BCUT2D eigenvalue weighted by Crippen LogP contribution is -2.46. The van der Waals surface area contributed by atoms with E-state index in [-0.39, 0.29) is 11.8 Å². The monoisotopic (exact) mass is 324 g/mol. The van der Waals surface area contributed by atoms with Crippen molar-refractivity contribution in [2.24, 2.45) is 13.0 Å². The number of hydrogen-bond acceptors (Lipinski definition) is 3. The van der Waals surface area contributed by atoms with E-state index in [4.69, 9.17) is 0 Å². The first-order chi connectivity index (χ1) is 11.7. The van der Waals surface area contributed by atoms with Gasteiger partial charge in [-0.25, -0.2) is 0 Å². The normalized spacial score (nSPS) is 24.1. The number of aryl methyl sites for hydroxylation is 1. The molecule has 3 heterocycles. The minimum Gasteiger partial charge on any atom is -0.342 e. The summed E-state index contributed by atoms with van der Waals surface area (Å²) < 4.78 is 1.83. The number of carbonyl (C=O) groups excluding carboxylic acids is 1. The van der Waals surface area contributed by atoms with E-state index in [1.807, 2.05) is 28.9 Å². The lowest BCUT2D eigenvalue weighted by atomic mass is 9.89. The van der Waals surface area contributed by atoms with Gasteiger partial charge in [0.25, 0.3) is 0 Å². The lowest BCUT2D eigenvalue weighted by Gasteiger charge is -2.34. The number of carbonyl (C=O) groups is 1. The molecule has 2 fully saturated rings. The molecular formula is C19H24N4O. The topological polar surface area (TPSA) is 41.4 Å². The molecule has 1 amide bonds. The predicted molar refractivity (Wildman–Crippen MR) is 92.4 cm³/mol. The van der Waals surface area contributed by atoms with E-state index in [1.54, 1.807) is 0 Å². The summed E-state index contributed by atoms with van der Waals surface area (Å²) in [5.41, 5.74) is 2.49. The summed E-state index contributed by atoms with van der Waals surface area (Å²) in [7, 11) is 1.94. The van der Waals surface area contributed by atoms with Crippen LogP contribution in [0.25, 0.3) is 0 Å². The van der Waals surface area contributed by atoms with E-state index < -0.39 is 0 Å². The Labute approximate surface area is 142 Å². The van der Waals surface area contributed by atoms with Crippen LogP contribution in [-0.2, 0) is 18.4 Å². The van der Waals surface area contributed by atoms with Gasteiger partial charge in [-0.15, -0.1) is 0 Å². The Morgan fingerprint density at radius 1 is 1.21 bits per heavy atom. The maximum Gasteiger partial charge on any atom is 0.227 e. The minimum absolute atomic E-state index is 0.0539. The van der Waals surface area contributed by atoms with Crippen molar-refractivity contribution in [1.82, 2.24) is 19.6 Å². The number of benzene rings is 1. The third-order valence-electron chi connectivity index (χ3n) is 5.28. The quantitative estimate of drug-likeness (QED) is 0.862. The molecule has 5 heteroatoms. The first-order valence-electron chi connectivity index (χ1n) is 8.74. The van der Waals surface area contributed by atoms with Crippen LogP contribution in [0.4, 0.5) is 0 Å². The average molecular weight is 324 g/mol. The fraction of sp³-hybridized carbons (Fsp3) is 0.474. The average Bonchev–Trinajstić information content (AvgIpc) is 3.13. The Morgan fingerprint density at radius 3 is 2.62 bits per heavy atom. The Balaban J connectivity index is 1.54. The number of likely N-dealkylation sites (tertiary alicyclic amines) is 2. The van der Waals surface area contributed by atoms with Crippen molar-refractivity contribution in [2.45, 2.75) is 18.9 Å². The molecule has 1 aromatic carbocycles. The van der Waals surface area contributed by atoms with Crippen LogP contribution in [0.3, 0.4) is 0 Å². The van der Waals surface area contributed by atoms with Gasteiger partial charge in [0, 0.05) is 51.9 Å². The van der Waals surface area contributed by atoms with Crippen LogP contribution < -0.4 is 0 Å². The third kappa shape index (κ3) is 2.96. The SMILES string of the molecule is Cn1cc([C@@H]2CN(Cc3ccccc3)C[C@H]2C(=O)N2CCC2)cn1. The Kier molecular flexibility index (Phi) is 4.10. The standard InChI is InChI=1S/C19H24N4O/c1-21-12-16(10-20-21)17-13-22(11-15-6-3-2-4-7-15)14-18(17)19(24)23-8-5-9-23/h2-4,6-7,10,12,17-18H,5,8-9,11,13-14H2,1H3/t17-,18+/m0/s1. The van der Waals surface area contributed by atoms with Gasteiger partial charge in [0.2, 0.25) is 5.91 Å². The van der Waals surface area contributed by atoms with Crippen LogP contribution in [0.2, 0.25) is 0 Å². The van der Waals surface area contributed by atoms with Crippen molar-refractivity contribution in [3.8, 4) is 0 Å². The zero-order valence-corrected chi connectivity index (χ0v) is 14.1. The van der Waals surface area contributed by atoms with Crippen molar-refractivity contribution >= 4 is 5.91 Å². The van der Waals surface area contributed by atoms with E-state index in [1.165, 1.54) is 11.1 Å². The molecule has 0 aliphatic carbocycles. The fourth-order valence-corrected chi connectivity index (χ4v) is 3.85. The number of aromatic nitrogens is 2. The van der Waals surface area contributed by atoms with Crippen LogP contribution in [-0.4, -0.2) is 51.7 Å². The summed E-state index contributed by atoms with van der Waals surface area (Å²) >= 11 is 0. The van der Waals surface area contributed by atoms with E-state index in [0.717, 1.165) is 39.1 Å². The highest BCUT2D eigenvalue weighted by molar-refractivity contribution is 5.81. The Morgan fingerprint density at radius 2 is 2.00 bits per heavy atom. The van der Waals surface area contributed by atoms with Crippen molar-refractivity contribution in [3.63, 3.8) is 0 Å². The summed E-state index contributed by atoms with van der Waals surface area (Å²) in [5, 5.41) is 4.32. The van der Waals surface area contributed by atoms with E-state index in [9.17, 15) is 4.79 Å². The second-order valence-corrected chi connectivity index (χ2v) is 7.02. The van der Waals surface area contributed by atoms with Gasteiger partial charge >= 0.3 is 0 Å². The Bertz CT molecular complexity index is 707. The molecule has 0 spiro atoms. The van der Waals surface area contributed by atoms with Crippen LogP contribution in [0.15, 0.2) is 42.7 Å². The molecule has 2 aromatic rings. The van der Waals surface area contributed by atoms with Gasteiger partial charge in [0.1, 0.15) is 0 Å². The molecule has 1 aromatic heterocycles. The highest BCUT2D eigenvalue weighted by Crippen LogP contribution is 2.35. The van der Waals surface area contributed by atoms with Crippen LogP contribution >= 0.6 is 0 Å². The van der Waals surface area contributed by atoms with Gasteiger partial charge in [-0.05, 0) is 17.5 Å². The van der Waals surface area contributed by atoms with Gasteiger partial charge in [0.05, 0.1) is 12.1 Å². The second kappa shape index (κ2) is 6.40. The highest BCUT2D eigenvalue weighted by atomic mass is 16.2. The van der Waals surface area contributed by atoms with Crippen LogP contribution in [0, 0.1) is 5.92 Å². The Hall–Kier alpha value is -2.14. The number of hydrogen-bond donors (Lipinski definition) is 0. The van der Waals surface area contributed by atoms with Gasteiger partial charge in [-0.2, -0.15) is 5.10 Å². The van der Waals surface area contributed by atoms with Crippen molar-refractivity contribution in [3.05, 3.63) is 53.9 Å². The molecule has 0 N–H and O–H groups in total. The fourth-order valence-electron chi connectivity index (χ4n) is 3.85. The van der Waals surface area contributed by atoms with Gasteiger partial charge in [-0.3, -0.25) is 14.4 Å². The molecular weight excluding hydrogens is 300 g/mol. The van der Waals surface area contributed by atoms with Gasteiger partial charge in [-0.1, -0.05) is 30.3 Å². The third-order valence-corrected chi connectivity index (χ3v) is 5.28. The van der Waals surface area contributed by atoms with Crippen LogP contribution in [0.1, 0.15) is 23.5 Å². The zero-order valence-electron chi connectivity index (χ0n) is 14.1. The molecule has 5 nitrogen and oxygen atoms in total. The molecule has 0 unspecified atom stereocenters. The summed E-state index contributed by atoms with van der Waals surface area (Å²) in [6.07, 6.45) is 5.13. The molecule has 24 heavy (non-hydrogen) atoms. The van der Waals surface area contributed by atoms with E-state index in [0.29, 0.717) is 5.91 Å². The molecule has 4 rings (SSSR count). The number of nitrogens with zero attached hydrogens (tertiary/aromatic N) is 4. The first kappa shape index (κ1) is 15.4. The highest BCUT2D eigenvalue weighted by Gasteiger charge is 2.41. The molecule has 2 aliphatic rings. The molecule has 126 valence electrons. The van der Waals surface area contributed by atoms with Gasteiger partial charge < -0.3 is 4.90 Å². The molecule has 2 saturated heterocycles. The lowest BCUT2D eigenvalue weighted by molar-refractivity contribution is -0.139.